The van der Waals surface area contributed by atoms with E-state index in [0.29, 0.717) is 18.8 Å². The quantitative estimate of drug-likeness (QED) is 0.728. The molecule has 0 spiro atoms. The summed E-state index contributed by atoms with van der Waals surface area (Å²) in [6.45, 7) is 2.95. The Labute approximate surface area is 124 Å². The summed E-state index contributed by atoms with van der Waals surface area (Å²) in [4.78, 5) is 23.9. The molecule has 2 fully saturated rings. The lowest BCUT2D eigenvalue weighted by atomic mass is 9.75. The van der Waals surface area contributed by atoms with Gasteiger partial charge in [-0.3, -0.25) is 4.79 Å². The van der Waals surface area contributed by atoms with E-state index >= 15 is 0 Å². The van der Waals surface area contributed by atoms with Gasteiger partial charge in [-0.2, -0.15) is 11.8 Å². The fraction of sp³-hybridized carbons (Fsp3) is 0.857. The molecular weight excluding hydrogens is 276 g/mol. The van der Waals surface area contributed by atoms with E-state index in [0.717, 1.165) is 37.3 Å². The van der Waals surface area contributed by atoms with Gasteiger partial charge in [0.2, 0.25) is 5.91 Å². The Hall–Kier alpha value is -0.750. The molecular formula is C14H24N2O3S. The molecule has 0 aromatic heterocycles. The summed E-state index contributed by atoms with van der Waals surface area (Å²) in [7, 11) is 0. The lowest BCUT2D eigenvalue weighted by molar-refractivity contribution is -0.150. The number of aliphatic carboxylic acids is 1. The fourth-order valence-electron chi connectivity index (χ4n) is 3.03. The summed E-state index contributed by atoms with van der Waals surface area (Å²) < 4.78 is 0. The number of carboxylic acids is 1. The van der Waals surface area contributed by atoms with E-state index in [1.54, 1.807) is 11.8 Å². The first-order chi connectivity index (χ1) is 9.57. The van der Waals surface area contributed by atoms with Crippen LogP contribution in [0.2, 0.25) is 0 Å². The van der Waals surface area contributed by atoms with Gasteiger partial charge in [0, 0.05) is 18.1 Å². The van der Waals surface area contributed by atoms with Crippen molar-refractivity contribution in [2.45, 2.75) is 50.6 Å². The highest BCUT2D eigenvalue weighted by atomic mass is 32.2. The van der Waals surface area contributed by atoms with Gasteiger partial charge in [-0.05, 0) is 31.6 Å². The number of hydrogen-bond donors (Lipinski definition) is 3. The van der Waals surface area contributed by atoms with Gasteiger partial charge in [-0.15, -0.1) is 0 Å². The molecule has 5 nitrogen and oxygen atoms in total. The molecule has 0 radical (unpaired) electrons. The van der Waals surface area contributed by atoms with E-state index in [1.807, 2.05) is 0 Å². The Morgan fingerprint density at radius 2 is 2.10 bits per heavy atom. The zero-order valence-electron chi connectivity index (χ0n) is 12.0. The summed E-state index contributed by atoms with van der Waals surface area (Å²) in [5.74, 6) is 1.28. The monoisotopic (exact) mass is 300 g/mol. The molecule has 0 aromatic carbocycles. The first-order valence-corrected chi connectivity index (χ1v) is 8.59. The van der Waals surface area contributed by atoms with E-state index in [9.17, 15) is 14.7 Å². The van der Waals surface area contributed by atoms with Crippen LogP contribution in [0.4, 0.5) is 0 Å². The van der Waals surface area contributed by atoms with E-state index < -0.39 is 11.5 Å². The first kappa shape index (κ1) is 15.6. The smallest absolute Gasteiger partial charge is 0.329 e. The fourth-order valence-corrected chi connectivity index (χ4v) is 3.96. The van der Waals surface area contributed by atoms with Gasteiger partial charge in [0.15, 0.2) is 0 Å². The van der Waals surface area contributed by atoms with Crippen LogP contribution in [-0.2, 0) is 9.59 Å². The summed E-state index contributed by atoms with van der Waals surface area (Å²) in [6.07, 6.45) is 3.95. The number of carboxylic acid groups (broad SMARTS) is 1. The van der Waals surface area contributed by atoms with E-state index in [2.05, 4.69) is 17.6 Å². The lowest BCUT2D eigenvalue weighted by Gasteiger charge is -2.38. The van der Waals surface area contributed by atoms with Gasteiger partial charge >= 0.3 is 5.97 Å². The van der Waals surface area contributed by atoms with Gasteiger partial charge in [0.1, 0.15) is 5.54 Å². The molecule has 1 aliphatic heterocycles. The minimum absolute atomic E-state index is 0.158. The van der Waals surface area contributed by atoms with Gasteiger partial charge in [-0.1, -0.05) is 13.3 Å². The van der Waals surface area contributed by atoms with Gasteiger partial charge in [0.05, 0.1) is 6.04 Å². The summed E-state index contributed by atoms with van der Waals surface area (Å²) in [5.41, 5.74) is -1.05. The van der Waals surface area contributed by atoms with Crippen LogP contribution < -0.4 is 10.6 Å². The summed E-state index contributed by atoms with van der Waals surface area (Å²) in [6, 6.07) is -0.256. The highest BCUT2D eigenvalue weighted by Gasteiger charge is 2.43. The van der Waals surface area contributed by atoms with E-state index in [-0.39, 0.29) is 11.9 Å². The Morgan fingerprint density at radius 1 is 1.40 bits per heavy atom. The van der Waals surface area contributed by atoms with Crippen LogP contribution in [-0.4, -0.2) is 46.6 Å². The molecule has 1 atom stereocenters. The molecule has 1 saturated heterocycles. The third-order valence-corrected chi connectivity index (χ3v) is 5.61. The molecule has 1 saturated carbocycles. The van der Waals surface area contributed by atoms with Crippen molar-refractivity contribution in [2.24, 2.45) is 5.92 Å². The minimum Gasteiger partial charge on any atom is -0.480 e. The second-order valence-corrected chi connectivity index (χ2v) is 6.96. The van der Waals surface area contributed by atoms with Crippen molar-refractivity contribution < 1.29 is 14.7 Å². The predicted molar refractivity (Wildman–Crippen MR) is 79.9 cm³/mol. The van der Waals surface area contributed by atoms with Crippen molar-refractivity contribution in [3.63, 3.8) is 0 Å². The average Bonchev–Trinajstić information content (AvgIpc) is 2.48. The molecule has 0 aromatic rings. The van der Waals surface area contributed by atoms with Crippen LogP contribution in [0.5, 0.6) is 0 Å². The van der Waals surface area contributed by atoms with Gasteiger partial charge in [-0.25, -0.2) is 4.79 Å². The minimum atomic E-state index is -1.05. The van der Waals surface area contributed by atoms with Crippen molar-refractivity contribution in [2.75, 3.05) is 18.1 Å². The van der Waals surface area contributed by atoms with Gasteiger partial charge < -0.3 is 15.7 Å². The van der Waals surface area contributed by atoms with Crippen molar-refractivity contribution in [3.8, 4) is 0 Å². The normalized spacial score (nSPS) is 34.5. The highest BCUT2D eigenvalue weighted by Crippen LogP contribution is 2.34. The molecule has 114 valence electrons. The number of carbonyl (C=O) groups excluding carboxylic acids is 1. The molecule has 1 unspecified atom stereocenters. The molecule has 1 amide bonds. The zero-order valence-corrected chi connectivity index (χ0v) is 12.8. The molecule has 6 heteroatoms. The van der Waals surface area contributed by atoms with Crippen LogP contribution in [0, 0.1) is 5.92 Å². The number of thioether (sulfide) groups is 1. The van der Waals surface area contributed by atoms with Crippen LogP contribution >= 0.6 is 11.8 Å². The van der Waals surface area contributed by atoms with Crippen molar-refractivity contribution in [1.29, 1.82) is 0 Å². The molecule has 1 aliphatic carbocycles. The Kier molecular flexibility index (Phi) is 5.32. The van der Waals surface area contributed by atoms with Crippen LogP contribution in [0.25, 0.3) is 0 Å². The number of hydrogen-bond acceptors (Lipinski definition) is 4. The van der Waals surface area contributed by atoms with Crippen LogP contribution in [0.15, 0.2) is 0 Å². The number of nitrogens with one attached hydrogen (secondary N) is 2. The second-order valence-electron chi connectivity index (χ2n) is 5.81. The zero-order chi connectivity index (χ0) is 14.6. The maximum Gasteiger partial charge on any atom is 0.329 e. The predicted octanol–water partition coefficient (Wildman–Crippen LogP) is 1.23. The molecule has 20 heavy (non-hydrogen) atoms. The maximum absolute atomic E-state index is 12.3. The third kappa shape index (κ3) is 3.47. The summed E-state index contributed by atoms with van der Waals surface area (Å²) >= 11 is 1.73. The van der Waals surface area contributed by atoms with Crippen molar-refractivity contribution in [1.82, 2.24) is 10.6 Å². The molecule has 2 aliphatic rings. The van der Waals surface area contributed by atoms with Crippen molar-refractivity contribution >= 4 is 23.6 Å². The lowest BCUT2D eigenvalue weighted by Crippen LogP contribution is -2.61. The third-order valence-electron chi connectivity index (χ3n) is 4.55. The maximum atomic E-state index is 12.3. The standard InChI is InChI=1S/C14H24N2O3S/c1-2-10-3-5-14(6-4-10,13(18)19)16-12(17)11-9-20-8-7-15-11/h10-11,15H,2-9H2,1H3,(H,16,17)(H,18,19). The molecule has 1 heterocycles. The van der Waals surface area contributed by atoms with Crippen LogP contribution in [0.3, 0.4) is 0 Å². The van der Waals surface area contributed by atoms with Gasteiger partial charge in [0.25, 0.3) is 0 Å². The first-order valence-electron chi connectivity index (χ1n) is 7.44. The highest BCUT2D eigenvalue weighted by molar-refractivity contribution is 7.99. The molecule has 0 bridgehead atoms. The second kappa shape index (κ2) is 6.80. The topological polar surface area (TPSA) is 78.4 Å². The van der Waals surface area contributed by atoms with Crippen molar-refractivity contribution in [3.05, 3.63) is 0 Å². The van der Waals surface area contributed by atoms with Crippen LogP contribution in [0.1, 0.15) is 39.0 Å². The number of carbonyl (C=O) groups is 2. The van der Waals surface area contributed by atoms with E-state index in [4.69, 9.17) is 0 Å². The number of rotatable bonds is 4. The van der Waals surface area contributed by atoms with E-state index in [1.165, 1.54) is 0 Å². The molecule has 3 N–H and O–H groups in total. The summed E-state index contributed by atoms with van der Waals surface area (Å²) in [5, 5.41) is 15.5. The Morgan fingerprint density at radius 3 is 2.60 bits per heavy atom. The molecule has 2 rings (SSSR count). The Balaban J connectivity index is 1.98. The SMILES string of the molecule is CCC1CCC(NC(=O)C2CSCCN2)(C(=O)O)CC1. The largest absolute Gasteiger partial charge is 0.480 e. The average molecular weight is 300 g/mol. The Bertz CT molecular complexity index is 361. The number of amides is 1.